The first-order valence-corrected chi connectivity index (χ1v) is 7.92. The number of carbonyl (C=O) groups excluding carboxylic acids is 1. The quantitative estimate of drug-likeness (QED) is 0.581. The molecule has 0 unspecified atom stereocenters. The Balaban J connectivity index is 1.71. The van der Waals surface area contributed by atoms with Crippen LogP contribution in [0.2, 0.25) is 0 Å². The van der Waals surface area contributed by atoms with Gasteiger partial charge >= 0.3 is 11.9 Å². The smallest absolute Gasteiger partial charge is 0.313 e. The van der Waals surface area contributed by atoms with Gasteiger partial charge in [-0.3, -0.25) is 9.59 Å². The third kappa shape index (κ3) is 1.93. The third-order valence-electron chi connectivity index (χ3n) is 5.66. The van der Waals surface area contributed by atoms with E-state index < -0.39 is 23.6 Å². The Kier molecular flexibility index (Phi) is 3.10. The number of fused-ring (bicyclic) bond motifs is 2. The van der Waals surface area contributed by atoms with E-state index in [0.29, 0.717) is 32.5 Å². The zero-order valence-corrected chi connectivity index (χ0v) is 12.5. The van der Waals surface area contributed by atoms with Gasteiger partial charge in [-0.2, -0.15) is 0 Å². The summed E-state index contributed by atoms with van der Waals surface area (Å²) in [5, 5.41) is 9.73. The first-order valence-electron chi connectivity index (χ1n) is 7.92. The van der Waals surface area contributed by atoms with E-state index in [9.17, 15) is 14.7 Å². The summed E-state index contributed by atoms with van der Waals surface area (Å²) in [5.74, 6) is -3.06. The van der Waals surface area contributed by atoms with Crippen LogP contribution in [-0.4, -0.2) is 42.1 Å². The van der Waals surface area contributed by atoms with Crippen LogP contribution in [0.4, 0.5) is 0 Å². The molecule has 1 N–H and O–H groups in total. The van der Waals surface area contributed by atoms with Gasteiger partial charge < -0.3 is 19.3 Å². The number of cyclic esters (lactones) is 1. The Morgan fingerprint density at radius 2 is 2.09 bits per heavy atom. The molecule has 120 valence electrons. The van der Waals surface area contributed by atoms with Gasteiger partial charge in [-0.1, -0.05) is 11.6 Å². The van der Waals surface area contributed by atoms with Gasteiger partial charge in [0.15, 0.2) is 5.79 Å². The molecule has 2 heterocycles. The van der Waals surface area contributed by atoms with Crippen molar-refractivity contribution in [2.45, 2.75) is 38.1 Å². The molecule has 0 aromatic heterocycles. The molecule has 0 aromatic rings. The summed E-state index contributed by atoms with van der Waals surface area (Å²) < 4.78 is 16.8. The molecule has 2 aliphatic carbocycles. The predicted octanol–water partition coefficient (Wildman–Crippen LogP) is 1.35. The van der Waals surface area contributed by atoms with E-state index in [1.165, 1.54) is 0 Å². The summed E-state index contributed by atoms with van der Waals surface area (Å²) in [7, 11) is 0. The minimum absolute atomic E-state index is 0.0471. The molecule has 6 nitrogen and oxygen atoms in total. The minimum Gasteiger partial charge on any atom is -0.481 e. The lowest BCUT2D eigenvalue weighted by Gasteiger charge is -2.44. The Labute approximate surface area is 128 Å². The third-order valence-corrected chi connectivity index (χ3v) is 5.66. The van der Waals surface area contributed by atoms with E-state index in [2.05, 4.69) is 0 Å². The molecule has 0 amide bonds. The van der Waals surface area contributed by atoms with Gasteiger partial charge in [0.05, 0.1) is 25.0 Å². The van der Waals surface area contributed by atoms with Crippen molar-refractivity contribution in [3.63, 3.8) is 0 Å². The highest BCUT2D eigenvalue weighted by Crippen LogP contribution is 2.52. The monoisotopic (exact) mass is 308 g/mol. The summed E-state index contributed by atoms with van der Waals surface area (Å²) in [4.78, 5) is 23.9. The number of carboxylic acids is 1. The van der Waals surface area contributed by atoms with Crippen molar-refractivity contribution in [1.82, 2.24) is 0 Å². The molecular weight excluding hydrogens is 288 g/mol. The molecule has 22 heavy (non-hydrogen) atoms. The number of ether oxygens (including phenoxy) is 3. The van der Waals surface area contributed by atoms with Crippen LogP contribution >= 0.6 is 0 Å². The summed E-state index contributed by atoms with van der Waals surface area (Å²) in [5.41, 5.74) is 0.993. The largest absolute Gasteiger partial charge is 0.481 e. The van der Waals surface area contributed by atoms with Gasteiger partial charge in [0.1, 0.15) is 6.10 Å². The highest BCUT2D eigenvalue weighted by molar-refractivity contribution is 5.81. The molecule has 1 spiro atoms. The average Bonchev–Trinajstić information content (AvgIpc) is 3.02. The van der Waals surface area contributed by atoms with Crippen molar-refractivity contribution >= 4 is 11.9 Å². The summed E-state index contributed by atoms with van der Waals surface area (Å²) in [6.07, 6.45) is 3.58. The number of hydrogen-bond donors (Lipinski definition) is 1. The van der Waals surface area contributed by atoms with Crippen LogP contribution in [0.25, 0.3) is 0 Å². The molecule has 3 fully saturated rings. The molecule has 2 aliphatic heterocycles. The van der Waals surface area contributed by atoms with E-state index in [1.54, 1.807) is 6.92 Å². The van der Waals surface area contributed by atoms with Gasteiger partial charge in [0.25, 0.3) is 0 Å². The average molecular weight is 308 g/mol. The standard InChI is InChI=1S/C16H20O6/c1-8-12-11(15(19)22-8)6-9-7-16(20-4-5-21-16)3-2-10(9)13(12)14(17)18/h6,8,10-13H,2-5,7H2,1H3,(H,17,18)/t8-,10-,11-,12-,13+/m1/s1. The van der Waals surface area contributed by atoms with Crippen LogP contribution in [-0.2, 0) is 23.8 Å². The van der Waals surface area contributed by atoms with E-state index in [1.807, 2.05) is 6.08 Å². The molecule has 2 saturated heterocycles. The van der Waals surface area contributed by atoms with Crippen molar-refractivity contribution in [2.24, 2.45) is 23.7 Å². The number of hydrogen-bond acceptors (Lipinski definition) is 5. The number of aliphatic carboxylic acids is 1. The first kappa shape index (κ1) is 14.2. The van der Waals surface area contributed by atoms with E-state index >= 15 is 0 Å². The van der Waals surface area contributed by atoms with Crippen LogP contribution in [0.5, 0.6) is 0 Å². The summed E-state index contributed by atoms with van der Waals surface area (Å²) in [6.45, 7) is 2.95. The zero-order valence-electron chi connectivity index (χ0n) is 12.5. The van der Waals surface area contributed by atoms with Crippen LogP contribution in [0.15, 0.2) is 11.6 Å². The van der Waals surface area contributed by atoms with Crippen molar-refractivity contribution < 1.29 is 28.9 Å². The Morgan fingerprint density at radius 1 is 1.36 bits per heavy atom. The van der Waals surface area contributed by atoms with Gasteiger partial charge in [-0.25, -0.2) is 0 Å². The normalized spacial score (nSPS) is 42.5. The molecule has 0 bridgehead atoms. The fourth-order valence-corrected chi connectivity index (χ4v) is 4.75. The molecule has 5 atom stereocenters. The molecule has 4 rings (SSSR count). The van der Waals surface area contributed by atoms with E-state index in [4.69, 9.17) is 14.2 Å². The minimum atomic E-state index is -0.833. The van der Waals surface area contributed by atoms with Gasteiger partial charge in [-0.05, 0) is 19.3 Å². The molecule has 6 heteroatoms. The second kappa shape index (κ2) is 4.80. The van der Waals surface area contributed by atoms with Crippen LogP contribution in [0.1, 0.15) is 26.2 Å². The molecular formula is C16H20O6. The lowest BCUT2D eigenvalue weighted by molar-refractivity contribution is -0.178. The fourth-order valence-electron chi connectivity index (χ4n) is 4.75. The topological polar surface area (TPSA) is 82.1 Å². The highest BCUT2D eigenvalue weighted by atomic mass is 16.7. The SMILES string of the molecule is C[C@H]1OC(=O)[C@@H]2C=C3CC4(CC[C@H]3[C@H](C(=O)O)[C@H]12)OCCO4. The second-order valence-electron chi connectivity index (χ2n) is 6.78. The molecule has 0 aromatic carbocycles. The van der Waals surface area contributed by atoms with E-state index in [0.717, 1.165) is 5.57 Å². The van der Waals surface area contributed by atoms with Gasteiger partial charge in [0.2, 0.25) is 0 Å². The van der Waals surface area contributed by atoms with Crippen molar-refractivity contribution in [3.8, 4) is 0 Å². The summed E-state index contributed by atoms with van der Waals surface area (Å²) in [6, 6.07) is 0. The maximum Gasteiger partial charge on any atom is 0.313 e. The lowest BCUT2D eigenvalue weighted by Crippen LogP contribution is -2.46. The second-order valence-corrected chi connectivity index (χ2v) is 6.78. The number of carboxylic acid groups (broad SMARTS) is 1. The number of carbonyl (C=O) groups is 2. The Morgan fingerprint density at radius 3 is 2.77 bits per heavy atom. The molecule has 0 radical (unpaired) electrons. The predicted molar refractivity (Wildman–Crippen MR) is 73.7 cm³/mol. The van der Waals surface area contributed by atoms with Crippen molar-refractivity contribution in [3.05, 3.63) is 11.6 Å². The van der Waals surface area contributed by atoms with Crippen LogP contribution in [0, 0.1) is 23.7 Å². The lowest BCUT2D eigenvalue weighted by atomic mass is 9.61. The maximum atomic E-state index is 12.1. The number of rotatable bonds is 1. The molecule has 4 aliphatic rings. The molecule has 1 saturated carbocycles. The Hall–Kier alpha value is -1.40. The maximum absolute atomic E-state index is 12.1. The number of esters is 1. The van der Waals surface area contributed by atoms with Gasteiger partial charge in [-0.15, -0.1) is 0 Å². The fraction of sp³-hybridized carbons (Fsp3) is 0.750. The first-order chi connectivity index (χ1) is 10.5. The summed E-state index contributed by atoms with van der Waals surface area (Å²) >= 11 is 0. The highest BCUT2D eigenvalue weighted by Gasteiger charge is 2.56. The van der Waals surface area contributed by atoms with Crippen LogP contribution < -0.4 is 0 Å². The van der Waals surface area contributed by atoms with Crippen molar-refractivity contribution in [2.75, 3.05) is 13.2 Å². The van der Waals surface area contributed by atoms with Gasteiger partial charge in [0, 0.05) is 18.8 Å². The Bertz CT molecular complexity index is 547. The van der Waals surface area contributed by atoms with Crippen molar-refractivity contribution in [1.29, 1.82) is 0 Å². The zero-order chi connectivity index (χ0) is 15.5. The van der Waals surface area contributed by atoms with Crippen LogP contribution in [0.3, 0.4) is 0 Å². The van der Waals surface area contributed by atoms with E-state index in [-0.39, 0.29) is 23.9 Å².